The van der Waals surface area contributed by atoms with Crippen molar-refractivity contribution in [1.82, 2.24) is 14.9 Å². The van der Waals surface area contributed by atoms with Crippen molar-refractivity contribution < 1.29 is 0 Å². The zero-order valence-corrected chi connectivity index (χ0v) is 11.5. The molecule has 3 N–H and O–H groups in total. The molecule has 0 aromatic carbocycles. The fraction of sp³-hybridized carbons (Fsp3) is 0.583. The molecule has 1 aromatic rings. The number of nitrogens with one attached hydrogen (secondary N) is 1. The lowest BCUT2D eigenvalue weighted by molar-refractivity contribution is 0.372. The summed E-state index contributed by atoms with van der Waals surface area (Å²) in [5.74, 6) is 0.760. The highest BCUT2D eigenvalue weighted by Crippen LogP contribution is 2.12. The van der Waals surface area contributed by atoms with Crippen molar-refractivity contribution in [3.8, 4) is 0 Å². The molecule has 0 spiro atoms. The Labute approximate surface area is 108 Å². The summed E-state index contributed by atoms with van der Waals surface area (Å²) in [4.78, 5) is 12.8. The number of rotatable bonds is 6. The lowest BCUT2D eigenvalue weighted by Gasteiger charge is -2.30. The summed E-state index contributed by atoms with van der Waals surface area (Å²) in [5.41, 5.74) is 5.77. The zero-order valence-electron chi connectivity index (χ0n) is 11.5. The number of likely N-dealkylation sites (N-methyl/N-ethyl adjacent to an activating group) is 2. The Morgan fingerprint density at radius 2 is 2.06 bits per heavy atom. The summed E-state index contributed by atoms with van der Waals surface area (Å²) < 4.78 is 0. The van der Waals surface area contributed by atoms with Crippen LogP contribution in [0, 0.1) is 5.41 Å². The Hall–Kier alpha value is -1.69. The number of nitrogens with zero attached hydrogens (tertiary/aromatic N) is 4. The molecule has 0 aliphatic rings. The minimum Gasteiger partial charge on any atom is -0.382 e. The number of hydrogen-bond donors (Lipinski definition) is 2. The molecular weight excluding hydrogens is 228 g/mol. The van der Waals surface area contributed by atoms with Crippen molar-refractivity contribution in [2.75, 3.05) is 32.1 Å². The van der Waals surface area contributed by atoms with Gasteiger partial charge in [-0.15, -0.1) is 0 Å². The first-order valence-corrected chi connectivity index (χ1v) is 6.03. The van der Waals surface area contributed by atoms with Crippen molar-refractivity contribution in [3.05, 3.63) is 18.1 Å². The minimum atomic E-state index is -0.0570. The van der Waals surface area contributed by atoms with E-state index in [0.29, 0.717) is 11.7 Å². The molecule has 0 bridgehead atoms. The Bertz CT molecular complexity index is 386. The van der Waals surface area contributed by atoms with Gasteiger partial charge < -0.3 is 15.5 Å². The first-order chi connectivity index (χ1) is 8.45. The SMILES string of the molecule is CCN(c1cnc(C(=N)N)cn1)C(C)CN(C)C. The zero-order chi connectivity index (χ0) is 13.7. The number of hydrogen-bond acceptors (Lipinski definition) is 5. The van der Waals surface area contributed by atoms with Gasteiger partial charge in [0.1, 0.15) is 17.3 Å². The molecular formula is C12H22N6. The highest BCUT2D eigenvalue weighted by atomic mass is 15.2. The van der Waals surface area contributed by atoms with E-state index in [1.54, 1.807) is 12.4 Å². The monoisotopic (exact) mass is 250 g/mol. The molecule has 1 rings (SSSR count). The molecule has 1 unspecified atom stereocenters. The van der Waals surface area contributed by atoms with Gasteiger partial charge >= 0.3 is 0 Å². The van der Waals surface area contributed by atoms with Gasteiger partial charge in [-0.3, -0.25) is 5.41 Å². The normalized spacial score (nSPS) is 12.5. The van der Waals surface area contributed by atoms with Crippen molar-refractivity contribution in [3.63, 3.8) is 0 Å². The summed E-state index contributed by atoms with van der Waals surface area (Å²) in [5, 5.41) is 7.29. The second kappa shape index (κ2) is 6.30. The maximum Gasteiger partial charge on any atom is 0.147 e. The summed E-state index contributed by atoms with van der Waals surface area (Å²) in [6, 6.07) is 0.350. The molecule has 6 heteroatoms. The third-order valence-electron chi connectivity index (χ3n) is 2.71. The number of aromatic nitrogens is 2. The standard InChI is InChI=1S/C12H22N6/c1-5-18(9(2)8-17(3)4)11-7-15-10(6-16-11)12(13)14/h6-7,9H,5,8H2,1-4H3,(H3,13,14). The molecule has 6 nitrogen and oxygen atoms in total. The molecule has 0 saturated carbocycles. The van der Waals surface area contributed by atoms with Crippen LogP contribution in [-0.4, -0.2) is 53.9 Å². The Morgan fingerprint density at radius 1 is 1.39 bits per heavy atom. The Kier molecular flexibility index (Phi) is 5.03. The van der Waals surface area contributed by atoms with Gasteiger partial charge in [0.2, 0.25) is 0 Å². The molecule has 18 heavy (non-hydrogen) atoms. The van der Waals surface area contributed by atoms with Crippen LogP contribution in [0.1, 0.15) is 19.5 Å². The van der Waals surface area contributed by atoms with E-state index in [4.69, 9.17) is 11.1 Å². The molecule has 1 atom stereocenters. The number of anilines is 1. The van der Waals surface area contributed by atoms with Crippen molar-refractivity contribution in [2.24, 2.45) is 5.73 Å². The fourth-order valence-electron chi connectivity index (χ4n) is 1.94. The summed E-state index contributed by atoms with van der Waals surface area (Å²) in [7, 11) is 4.10. The van der Waals surface area contributed by atoms with Crippen molar-refractivity contribution in [1.29, 1.82) is 5.41 Å². The second-order valence-electron chi connectivity index (χ2n) is 4.57. The summed E-state index contributed by atoms with van der Waals surface area (Å²) >= 11 is 0. The molecule has 0 fully saturated rings. The maximum atomic E-state index is 7.29. The lowest BCUT2D eigenvalue weighted by Crippen LogP contribution is -2.40. The number of nitrogen functional groups attached to an aromatic ring is 1. The molecule has 0 radical (unpaired) electrons. The van der Waals surface area contributed by atoms with Gasteiger partial charge in [-0.05, 0) is 27.9 Å². The van der Waals surface area contributed by atoms with Gasteiger partial charge in [0.05, 0.1) is 12.4 Å². The molecule has 0 aliphatic heterocycles. The number of amidine groups is 1. The Morgan fingerprint density at radius 3 is 2.44 bits per heavy atom. The second-order valence-corrected chi connectivity index (χ2v) is 4.57. The number of nitrogens with two attached hydrogens (primary N) is 1. The summed E-state index contributed by atoms with van der Waals surface area (Å²) in [6.07, 6.45) is 3.22. The predicted octanol–water partition coefficient (Wildman–Crippen LogP) is 0.537. The third-order valence-corrected chi connectivity index (χ3v) is 2.71. The summed E-state index contributed by atoms with van der Waals surface area (Å²) in [6.45, 7) is 6.06. The average Bonchev–Trinajstić information content (AvgIpc) is 2.29. The van der Waals surface area contributed by atoms with Gasteiger partial charge in [0, 0.05) is 19.1 Å². The van der Waals surface area contributed by atoms with E-state index in [1.807, 2.05) is 0 Å². The minimum absolute atomic E-state index is 0.0570. The molecule has 0 saturated heterocycles. The third kappa shape index (κ3) is 3.66. The van der Waals surface area contributed by atoms with Crippen LogP contribution >= 0.6 is 0 Å². The van der Waals surface area contributed by atoms with Crippen LogP contribution in [0.25, 0.3) is 0 Å². The molecule has 1 aromatic heterocycles. The van der Waals surface area contributed by atoms with Crippen LogP contribution in [0.2, 0.25) is 0 Å². The van der Waals surface area contributed by atoms with Gasteiger partial charge in [0.15, 0.2) is 0 Å². The highest BCUT2D eigenvalue weighted by Gasteiger charge is 2.15. The van der Waals surface area contributed by atoms with E-state index < -0.39 is 0 Å². The largest absolute Gasteiger partial charge is 0.382 e. The van der Waals surface area contributed by atoms with E-state index in [2.05, 4.69) is 47.7 Å². The van der Waals surface area contributed by atoms with Gasteiger partial charge in [-0.2, -0.15) is 0 Å². The molecule has 100 valence electrons. The maximum absolute atomic E-state index is 7.29. The predicted molar refractivity (Wildman–Crippen MR) is 74.1 cm³/mol. The van der Waals surface area contributed by atoms with Crippen LogP contribution in [0.5, 0.6) is 0 Å². The van der Waals surface area contributed by atoms with Crippen LogP contribution in [0.4, 0.5) is 5.82 Å². The van der Waals surface area contributed by atoms with E-state index in [-0.39, 0.29) is 5.84 Å². The first kappa shape index (κ1) is 14.4. The molecule has 1 heterocycles. The van der Waals surface area contributed by atoms with Crippen molar-refractivity contribution in [2.45, 2.75) is 19.9 Å². The van der Waals surface area contributed by atoms with Crippen LogP contribution in [0.15, 0.2) is 12.4 Å². The van der Waals surface area contributed by atoms with E-state index in [1.165, 1.54) is 0 Å². The smallest absolute Gasteiger partial charge is 0.147 e. The van der Waals surface area contributed by atoms with Crippen LogP contribution in [0.3, 0.4) is 0 Å². The Balaban J connectivity index is 2.85. The van der Waals surface area contributed by atoms with Crippen LogP contribution in [-0.2, 0) is 0 Å². The topological polar surface area (TPSA) is 82.1 Å². The highest BCUT2D eigenvalue weighted by molar-refractivity contribution is 5.92. The lowest BCUT2D eigenvalue weighted by atomic mass is 10.2. The van der Waals surface area contributed by atoms with Crippen molar-refractivity contribution >= 4 is 11.7 Å². The van der Waals surface area contributed by atoms with Gasteiger partial charge in [-0.25, -0.2) is 9.97 Å². The van der Waals surface area contributed by atoms with Gasteiger partial charge in [0.25, 0.3) is 0 Å². The fourth-order valence-corrected chi connectivity index (χ4v) is 1.94. The van der Waals surface area contributed by atoms with Crippen LogP contribution < -0.4 is 10.6 Å². The van der Waals surface area contributed by atoms with E-state index in [9.17, 15) is 0 Å². The molecule has 0 amide bonds. The van der Waals surface area contributed by atoms with E-state index >= 15 is 0 Å². The average molecular weight is 250 g/mol. The van der Waals surface area contributed by atoms with Gasteiger partial charge in [-0.1, -0.05) is 0 Å². The van der Waals surface area contributed by atoms with E-state index in [0.717, 1.165) is 18.9 Å². The first-order valence-electron chi connectivity index (χ1n) is 6.03. The molecule has 0 aliphatic carbocycles. The quantitative estimate of drug-likeness (QED) is 0.569.